The van der Waals surface area contributed by atoms with Gasteiger partial charge in [0.05, 0.1) is 11.3 Å². The molecule has 156 valence electrons. The molecule has 5 heteroatoms. The molecule has 0 aliphatic rings. The summed E-state index contributed by atoms with van der Waals surface area (Å²) in [6.45, 7) is 2.03. The molecule has 2 N–H and O–H groups in total. The molecule has 0 amide bonds. The second-order valence-electron chi connectivity index (χ2n) is 7.57. The summed E-state index contributed by atoms with van der Waals surface area (Å²) in [5, 5.41) is 0. The topological polar surface area (TPSA) is 60.9 Å². The smallest absolute Gasteiger partial charge is 0.277 e. The van der Waals surface area contributed by atoms with E-state index in [1.54, 1.807) is 25.1 Å². The van der Waals surface area contributed by atoms with Crippen LogP contribution in [0, 0.1) is 12.7 Å². The van der Waals surface area contributed by atoms with Gasteiger partial charge in [0.15, 0.2) is 0 Å². The highest BCUT2D eigenvalue weighted by Crippen LogP contribution is 2.26. The quantitative estimate of drug-likeness (QED) is 0.495. The van der Waals surface area contributed by atoms with Crippen molar-refractivity contribution in [3.8, 4) is 11.4 Å². The van der Waals surface area contributed by atoms with E-state index in [2.05, 4.69) is 4.98 Å². The molecule has 0 atom stereocenters. The summed E-state index contributed by atoms with van der Waals surface area (Å²) in [6, 6.07) is 24.8. The first-order chi connectivity index (χ1) is 15.0. The van der Waals surface area contributed by atoms with Gasteiger partial charge in [-0.05, 0) is 36.1 Å². The van der Waals surface area contributed by atoms with E-state index in [1.807, 2.05) is 60.7 Å². The Morgan fingerprint density at radius 1 is 0.903 bits per heavy atom. The van der Waals surface area contributed by atoms with E-state index in [0.29, 0.717) is 42.0 Å². The lowest BCUT2D eigenvalue weighted by Gasteiger charge is -2.16. The van der Waals surface area contributed by atoms with Crippen LogP contribution in [0.15, 0.2) is 83.7 Å². The predicted octanol–water partition coefficient (Wildman–Crippen LogP) is 4.77. The molecule has 0 aliphatic heterocycles. The first-order valence-electron chi connectivity index (χ1n) is 10.3. The van der Waals surface area contributed by atoms with Gasteiger partial charge in [-0.15, -0.1) is 0 Å². The number of rotatable bonds is 6. The maximum atomic E-state index is 15.6. The van der Waals surface area contributed by atoms with Crippen molar-refractivity contribution in [2.75, 3.05) is 5.73 Å². The van der Waals surface area contributed by atoms with Gasteiger partial charge in [-0.1, -0.05) is 72.8 Å². The van der Waals surface area contributed by atoms with E-state index >= 15 is 4.39 Å². The average Bonchev–Trinajstić information content (AvgIpc) is 2.79. The third-order valence-electron chi connectivity index (χ3n) is 5.42. The lowest BCUT2D eigenvalue weighted by molar-refractivity contribution is 0.607. The van der Waals surface area contributed by atoms with Crippen molar-refractivity contribution in [2.45, 2.75) is 26.3 Å². The highest BCUT2D eigenvalue weighted by Gasteiger charge is 2.18. The summed E-state index contributed by atoms with van der Waals surface area (Å²) in [5.74, 6) is -0.0593. The molecule has 3 aromatic carbocycles. The van der Waals surface area contributed by atoms with Crippen LogP contribution in [-0.2, 0) is 19.4 Å². The van der Waals surface area contributed by atoms with E-state index < -0.39 is 0 Å². The molecule has 0 aliphatic carbocycles. The van der Waals surface area contributed by atoms with Crippen molar-refractivity contribution >= 4 is 5.69 Å². The number of halogens is 1. The lowest BCUT2D eigenvalue weighted by Crippen LogP contribution is -2.28. The Kier molecular flexibility index (Phi) is 5.94. The number of hydrogen-bond donors (Lipinski definition) is 1. The Morgan fingerprint density at radius 3 is 2.23 bits per heavy atom. The summed E-state index contributed by atoms with van der Waals surface area (Å²) in [5.41, 5.74) is 9.10. The van der Waals surface area contributed by atoms with Crippen LogP contribution >= 0.6 is 0 Å². The van der Waals surface area contributed by atoms with Crippen LogP contribution in [0.1, 0.15) is 22.4 Å². The Bertz CT molecular complexity index is 1250. The Morgan fingerprint density at radius 2 is 1.55 bits per heavy atom. The van der Waals surface area contributed by atoms with Crippen LogP contribution in [-0.4, -0.2) is 9.55 Å². The number of aryl methyl sites for hydroxylation is 2. The Labute approximate surface area is 180 Å². The molecule has 0 spiro atoms. The van der Waals surface area contributed by atoms with Crippen molar-refractivity contribution in [1.82, 2.24) is 9.55 Å². The van der Waals surface area contributed by atoms with Crippen LogP contribution in [0.4, 0.5) is 10.1 Å². The highest BCUT2D eigenvalue weighted by atomic mass is 19.1. The zero-order valence-corrected chi connectivity index (χ0v) is 17.4. The zero-order chi connectivity index (χ0) is 21.8. The zero-order valence-electron chi connectivity index (χ0n) is 17.4. The van der Waals surface area contributed by atoms with Crippen LogP contribution in [0.2, 0.25) is 0 Å². The minimum absolute atomic E-state index is 0.0951. The number of benzene rings is 3. The van der Waals surface area contributed by atoms with Gasteiger partial charge in [0.1, 0.15) is 17.3 Å². The number of nitrogens with zero attached hydrogens (tertiary/aromatic N) is 2. The van der Waals surface area contributed by atoms with Gasteiger partial charge in [0.2, 0.25) is 0 Å². The largest absolute Gasteiger partial charge is 0.393 e. The summed E-state index contributed by atoms with van der Waals surface area (Å²) in [7, 11) is 0. The fourth-order valence-corrected chi connectivity index (χ4v) is 3.68. The monoisotopic (exact) mass is 413 g/mol. The van der Waals surface area contributed by atoms with E-state index in [0.717, 1.165) is 11.1 Å². The molecule has 0 radical (unpaired) electrons. The van der Waals surface area contributed by atoms with E-state index in [-0.39, 0.29) is 17.1 Å². The van der Waals surface area contributed by atoms with Crippen LogP contribution < -0.4 is 11.3 Å². The van der Waals surface area contributed by atoms with E-state index in [1.165, 1.54) is 4.57 Å². The molecule has 1 heterocycles. The van der Waals surface area contributed by atoms with Crippen LogP contribution in [0.5, 0.6) is 0 Å². The third-order valence-corrected chi connectivity index (χ3v) is 5.42. The molecular formula is C26H24FN3O. The molecule has 0 bridgehead atoms. The third kappa shape index (κ3) is 4.40. The van der Waals surface area contributed by atoms with E-state index in [4.69, 9.17) is 5.73 Å². The van der Waals surface area contributed by atoms with Crippen LogP contribution in [0.3, 0.4) is 0 Å². The van der Waals surface area contributed by atoms with Crippen molar-refractivity contribution in [3.05, 3.63) is 117 Å². The van der Waals surface area contributed by atoms with Gasteiger partial charge in [-0.2, -0.15) is 0 Å². The normalized spacial score (nSPS) is 10.9. The fraction of sp³-hybridized carbons (Fsp3) is 0.154. The molecule has 0 unspecified atom stereocenters. The van der Waals surface area contributed by atoms with Crippen molar-refractivity contribution < 1.29 is 4.39 Å². The predicted molar refractivity (Wildman–Crippen MR) is 122 cm³/mol. The molecule has 31 heavy (non-hydrogen) atoms. The average molecular weight is 413 g/mol. The lowest BCUT2D eigenvalue weighted by atomic mass is 10.0. The summed E-state index contributed by atoms with van der Waals surface area (Å²) in [4.78, 5) is 17.5. The first-order valence-corrected chi connectivity index (χ1v) is 10.3. The molecule has 1 aromatic heterocycles. The Balaban J connectivity index is 1.77. The van der Waals surface area contributed by atoms with Crippen molar-refractivity contribution in [1.29, 1.82) is 0 Å². The molecule has 0 saturated heterocycles. The van der Waals surface area contributed by atoms with Gasteiger partial charge >= 0.3 is 0 Å². The maximum Gasteiger partial charge on any atom is 0.277 e. The molecular weight excluding hydrogens is 389 g/mol. The van der Waals surface area contributed by atoms with E-state index in [9.17, 15) is 4.79 Å². The van der Waals surface area contributed by atoms with Gasteiger partial charge in [-0.3, -0.25) is 9.36 Å². The maximum absolute atomic E-state index is 15.6. The first kappa shape index (κ1) is 20.5. The number of nitrogen functional groups attached to an aromatic ring is 1. The van der Waals surface area contributed by atoms with Gasteiger partial charge in [0, 0.05) is 13.0 Å². The van der Waals surface area contributed by atoms with Gasteiger partial charge in [0.25, 0.3) is 5.56 Å². The summed E-state index contributed by atoms with van der Waals surface area (Å²) >= 11 is 0. The van der Waals surface area contributed by atoms with Crippen LogP contribution in [0.25, 0.3) is 11.4 Å². The minimum atomic E-state index is -0.365. The standard InChI is InChI=1S/C26H24FN3O/c1-18-24(28)26(31)30(16-15-19-9-4-2-5-10-19)25(29-18)22-14-8-13-21(23(22)27)17-20-11-6-3-7-12-20/h2-14H,15-17,28H2,1H3. The summed E-state index contributed by atoms with van der Waals surface area (Å²) in [6.07, 6.45) is 1.08. The molecule has 4 aromatic rings. The fourth-order valence-electron chi connectivity index (χ4n) is 3.68. The number of hydrogen-bond acceptors (Lipinski definition) is 3. The number of nitrogens with two attached hydrogens (primary N) is 1. The number of anilines is 1. The molecule has 4 rings (SSSR count). The van der Waals surface area contributed by atoms with Crippen molar-refractivity contribution in [2.24, 2.45) is 0 Å². The molecule has 0 fully saturated rings. The van der Waals surface area contributed by atoms with Gasteiger partial charge < -0.3 is 5.73 Å². The highest BCUT2D eigenvalue weighted by molar-refractivity contribution is 5.60. The molecule has 0 saturated carbocycles. The second-order valence-corrected chi connectivity index (χ2v) is 7.57. The van der Waals surface area contributed by atoms with Gasteiger partial charge in [-0.25, -0.2) is 9.37 Å². The minimum Gasteiger partial charge on any atom is -0.393 e. The number of aromatic nitrogens is 2. The Hall–Kier alpha value is -3.73. The molecule has 4 nitrogen and oxygen atoms in total. The van der Waals surface area contributed by atoms with Crippen molar-refractivity contribution in [3.63, 3.8) is 0 Å². The summed E-state index contributed by atoms with van der Waals surface area (Å²) < 4.78 is 17.1. The SMILES string of the molecule is Cc1nc(-c2cccc(Cc3ccccc3)c2F)n(CCc2ccccc2)c(=O)c1N. The second kappa shape index (κ2) is 8.96.